The Balaban J connectivity index is 1.90. The van der Waals surface area contributed by atoms with Crippen molar-refractivity contribution in [2.45, 2.75) is 30.3 Å². The van der Waals surface area contributed by atoms with E-state index in [1.54, 1.807) is 23.5 Å². The van der Waals surface area contributed by atoms with Gasteiger partial charge in [-0.1, -0.05) is 0 Å². The summed E-state index contributed by atoms with van der Waals surface area (Å²) in [5.74, 6) is 0. The maximum atomic E-state index is 12.9. The summed E-state index contributed by atoms with van der Waals surface area (Å²) in [4.78, 5) is 6.53. The molecule has 0 spiro atoms. The molecule has 2 fully saturated rings. The third kappa shape index (κ3) is 2.77. The first-order valence-corrected chi connectivity index (χ1v) is 8.94. The molecule has 6 nitrogen and oxygen atoms in total. The summed E-state index contributed by atoms with van der Waals surface area (Å²) in [6, 6.07) is 3.86. The Morgan fingerprint density at radius 2 is 2.10 bits per heavy atom. The fourth-order valence-corrected chi connectivity index (χ4v) is 4.92. The molecule has 3 heterocycles. The number of rotatable bonds is 3. The largest absolute Gasteiger partial charge is 0.386 e. The zero-order valence-electron chi connectivity index (χ0n) is 12.3. The lowest BCUT2D eigenvalue weighted by atomic mass is 10.2. The normalized spacial score (nSPS) is 24.5. The molecule has 1 N–H and O–H groups in total. The Hall–Kier alpha value is -1.18. The van der Waals surface area contributed by atoms with Gasteiger partial charge in [-0.15, -0.1) is 0 Å². The van der Waals surface area contributed by atoms with Gasteiger partial charge in [0.1, 0.15) is 0 Å². The zero-order chi connectivity index (χ0) is 14.9. The summed E-state index contributed by atoms with van der Waals surface area (Å²) in [5, 5.41) is 3.06. The molecule has 1 aromatic heterocycles. The van der Waals surface area contributed by atoms with Crippen LogP contribution in [-0.2, 0) is 10.0 Å². The zero-order valence-corrected chi connectivity index (χ0v) is 13.1. The fourth-order valence-electron chi connectivity index (χ4n) is 3.30. The van der Waals surface area contributed by atoms with Gasteiger partial charge in [-0.05, 0) is 44.5 Å². The van der Waals surface area contributed by atoms with Crippen LogP contribution in [0.1, 0.15) is 19.3 Å². The van der Waals surface area contributed by atoms with Crippen molar-refractivity contribution >= 4 is 15.7 Å². The molecule has 2 aliphatic heterocycles. The standard InChI is InChI=1S/C14H22N4O2S/c1-15-13-6-2-7-16-14(13)21(19,20)18-10-4-9-17-8-3-5-12(17)11-18/h2,6-7,12,15H,3-5,8-11H2,1H3. The molecule has 1 atom stereocenters. The number of aromatic nitrogens is 1. The van der Waals surface area contributed by atoms with Crippen molar-refractivity contribution in [3.05, 3.63) is 18.3 Å². The van der Waals surface area contributed by atoms with E-state index in [-0.39, 0.29) is 5.03 Å². The highest BCUT2D eigenvalue weighted by atomic mass is 32.2. The second kappa shape index (κ2) is 5.90. The third-order valence-corrected chi connectivity index (χ3v) is 6.22. The fraction of sp³-hybridized carbons (Fsp3) is 0.643. The first-order chi connectivity index (χ1) is 10.1. The molecule has 0 bridgehead atoms. The van der Waals surface area contributed by atoms with E-state index in [1.165, 1.54) is 12.6 Å². The van der Waals surface area contributed by atoms with E-state index in [0.29, 0.717) is 24.8 Å². The lowest BCUT2D eigenvalue weighted by Crippen LogP contribution is -2.40. The number of anilines is 1. The number of hydrogen-bond donors (Lipinski definition) is 1. The molecule has 116 valence electrons. The molecule has 2 aliphatic rings. The van der Waals surface area contributed by atoms with Crippen LogP contribution < -0.4 is 5.32 Å². The van der Waals surface area contributed by atoms with Gasteiger partial charge in [-0.25, -0.2) is 13.4 Å². The SMILES string of the molecule is CNc1cccnc1S(=O)(=O)N1CCCN2CCCC2C1. The minimum absolute atomic E-state index is 0.138. The smallest absolute Gasteiger partial charge is 0.262 e. The quantitative estimate of drug-likeness (QED) is 0.901. The Morgan fingerprint density at radius 1 is 1.29 bits per heavy atom. The van der Waals surface area contributed by atoms with E-state index in [9.17, 15) is 8.42 Å². The monoisotopic (exact) mass is 310 g/mol. The van der Waals surface area contributed by atoms with Crippen LogP contribution in [0.2, 0.25) is 0 Å². The molecule has 0 radical (unpaired) electrons. The van der Waals surface area contributed by atoms with E-state index in [1.807, 2.05) is 0 Å². The molecule has 1 unspecified atom stereocenters. The highest BCUT2D eigenvalue weighted by molar-refractivity contribution is 7.89. The van der Waals surface area contributed by atoms with Crippen molar-refractivity contribution < 1.29 is 8.42 Å². The maximum absolute atomic E-state index is 12.9. The molecule has 0 aromatic carbocycles. The minimum Gasteiger partial charge on any atom is -0.386 e. The molecule has 0 aliphatic carbocycles. The summed E-state index contributed by atoms with van der Waals surface area (Å²) >= 11 is 0. The summed E-state index contributed by atoms with van der Waals surface area (Å²) in [5.41, 5.74) is 0.560. The molecule has 1 aromatic rings. The first-order valence-electron chi connectivity index (χ1n) is 7.50. The molecular formula is C14H22N4O2S. The second-order valence-electron chi connectivity index (χ2n) is 5.65. The lowest BCUT2D eigenvalue weighted by molar-refractivity contribution is 0.257. The number of pyridine rings is 1. The molecular weight excluding hydrogens is 288 g/mol. The lowest BCUT2D eigenvalue weighted by Gasteiger charge is -2.25. The summed E-state index contributed by atoms with van der Waals surface area (Å²) in [7, 11) is -1.81. The van der Waals surface area contributed by atoms with Crippen LogP contribution in [0.25, 0.3) is 0 Å². The number of fused-ring (bicyclic) bond motifs is 1. The predicted octanol–water partition coefficient (Wildman–Crippen LogP) is 0.982. The van der Waals surface area contributed by atoms with Crippen molar-refractivity contribution in [1.82, 2.24) is 14.2 Å². The van der Waals surface area contributed by atoms with Crippen LogP contribution in [0, 0.1) is 0 Å². The summed E-state index contributed by atoms with van der Waals surface area (Å²) in [6.45, 7) is 3.26. The average Bonchev–Trinajstić information content (AvgIpc) is 2.83. The van der Waals surface area contributed by atoms with Crippen LogP contribution >= 0.6 is 0 Å². The van der Waals surface area contributed by atoms with Crippen molar-refractivity contribution in [2.75, 3.05) is 38.5 Å². The van der Waals surface area contributed by atoms with Crippen LogP contribution in [0.15, 0.2) is 23.4 Å². The summed E-state index contributed by atoms with van der Waals surface area (Å²) in [6.07, 6.45) is 4.68. The van der Waals surface area contributed by atoms with Gasteiger partial charge in [0.15, 0.2) is 5.03 Å². The third-order valence-electron chi connectivity index (χ3n) is 4.39. The van der Waals surface area contributed by atoms with Crippen LogP contribution in [0.4, 0.5) is 5.69 Å². The predicted molar refractivity (Wildman–Crippen MR) is 81.8 cm³/mol. The number of nitrogens with one attached hydrogen (secondary N) is 1. The van der Waals surface area contributed by atoms with Gasteiger partial charge in [0.05, 0.1) is 5.69 Å². The molecule has 0 saturated carbocycles. The van der Waals surface area contributed by atoms with E-state index >= 15 is 0 Å². The molecule has 2 saturated heterocycles. The number of sulfonamides is 1. The molecule has 7 heteroatoms. The first kappa shape index (κ1) is 14.7. The van der Waals surface area contributed by atoms with Gasteiger partial charge >= 0.3 is 0 Å². The van der Waals surface area contributed by atoms with Crippen molar-refractivity contribution in [3.8, 4) is 0 Å². The Kier molecular flexibility index (Phi) is 4.14. The Labute approximate surface area is 126 Å². The van der Waals surface area contributed by atoms with Gasteiger partial charge in [-0.2, -0.15) is 4.31 Å². The van der Waals surface area contributed by atoms with E-state index in [0.717, 1.165) is 25.9 Å². The highest BCUT2D eigenvalue weighted by Crippen LogP contribution is 2.27. The van der Waals surface area contributed by atoms with E-state index < -0.39 is 10.0 Å². The van der Waals surface area contributed by atoms with Crippen molar-refractivity contribution in [2.24, 2.45) is 0 Å². The summed E-state index contributed by atoms with van der Waals surface area (Å²) < 4.78 is 27.4. The van der Waals surface area contributed by atoms with Crippen LogP contribution in [0.3, 0.4) is 0 Å². The van der Waals surface area contributed by atoms with Gasteiger partial charge in [0, 0.05) is 32.4 Å². The van der Waals surface area contributed by atoms with E-state index in [4.69, 9.17) is 0 Å². The molecule has 3 rings (SSSR count). The van der Waals surface area contributed by atoms with Gasteiger partial charge in [0.25, 0.3) is 10.0 Å². The number of nitrogens with zero attached hydrogens (tertiary/aromatic N) is 3. The second-order valence-corrected chi connectivity index (χ2v) is 7.51. The average molecular weight is 310 g/mol. The topological polar surface area (TPSA) is 65.5 Å². The van der Waals surface area contributed by atoms with Crippen molar-refractivity contribution in [3.63, 3.8) is 0 Å². The van der Waals surface area contributed by atoms with Crippen molar-refractivity contribution in [1.29, 1.82) is 0 Å². The minimum atomic E-state index is -3.53. The highest BCUT2D eigenvalue weighted by Gasteiger charge is 2.35. The van der Waals surface area contributed by atoms with Gasteiger partial charge < -0.3 is 5.32 Å². The number of hydrogen-bond acceptors (Lipinski definition) is 5. The Bertz CT molecular complexity index is 605. The van der Waals surface area contributed by atoms with Gasteiger partial charge in [0.2, 0.25) is 0 Å². The molecule has 21 heavy (non-hydrogen) atoms. The molecule has 0 amide bonds. The van der Waals surface area contributed by atoms with Crippen LogP contribution in [-0.4, -0.2) is 61.9 Å². The van der Waals surface area contributed by atoms with E-state index in [2.05, 4.69) is 15.2 Å². The van der Waals surface area contributed by atoms with Crippen LogP contribution in [0.5, 0.6) is 0 Å². The Morgan fingerprint density at radius 3 is 2.90 bits per heavy atom. The maximum Gasteiger partial charge on any atom is 0.262 e. The van der Waals surface area contributed by atoms with Gasteiger partial charge in [-0.3, -0.25) is 4.90 Å².